The summed E-state index contributed by atoms with van der Waals surface area (Å²) < 4.78 is 10.3. The molecule has 0 aromatic heterocycles. The Morgan fingerprint density at radius 3 is 1.53 bits per heavy atom. The van der Waals surface area contributed by atoms with Crippen LogP contribution in [0.1, 0.15) is 110 Å². The summed E-state index contributed by atoms with van der Waals surface area (Å²) in [5, 5.41) is 2.90. The van der Waals surface area contributed by atoms with E-state index in [-0.39, 0.29) is 49.5 Å². The Morgan fingerprint density at radius 1 is 0.613 bits per heavy atom. The topological polar surface area (TPSA) is 133 Å². The number of amides is 1. The zero-order valence-electron chi connectivity index (χ0n) is 37.5. The van der Waals surface area contributed by atoms with Crippen LogP contribution >= 0.6 is 11.8 Å². The number of carbonyl (C=O) groups is 6. The molecule has 0 heterocycles. The molecular weight excluding hydrogens is 799 g/mol. The van der Waals surface area contributed by atoms with Gasteiger partial charge in [-0.25, -0.2) is 0 Å². The predicted molar refractivity (Wildman–Crippen MR) is 245 cm³/mol. The van der Waals surface area contributed by atoms with Crippen molar-refractivity contribution in [1.29, 1.82) is 0 Å². The number of ketones is 3. The molecule has 4 aromatic carbocycles. The van der Waals surface area contributed by atoms with Crippen LogP contribution in [0.2, 0.25) is 0 Å². The summed E-state index contributed by atoms with van der Waals surface area (Å²) in [7, 11) is 0. The Bertz CT molecular complexity index is 2000. The number of ether oxygens (including phenoxy) is 2. The van der Waals surface area contributed by atoms with E-state index in [2.05, 4.69) is 41.7 Å². The SMILES string of the molecule is CC(=O)[C@H](CSC(c1ccccc1)(c1ccccc1)c1ccccc1)CC(=O)[C@H](Cc1ccccc1)NC(=O)[C@@H](CC(=O)CC[C@H](C)C(=O)OC(C)(C)C)CC(=O)OC(C)(C)C. The fraction of sp³-hybridized carbons (Fsp3) is 0.423. The van der Waals surface area contributed by atoms with E-state index >= 15 is 0 Å². The lowest BCUT2D eigenvalue weighted by Crippen LogP contribution is -2.46. The number of Topliss-reactive ketones (excluding diaryl/α,β-unsaturated/α-hetero) is 3. The molecule has 0 fully saturated rings. The maximum absolute atomic E-state index is 14.5. The zero-order valence-corrected chi connectivity index (χ0v) is 38.3. The second kappa shape index (κ2) is 22.7. The number of rotatable bonds is 22. The van der Waals surface area contributed by atoms with E-state index in [1.165, 1.54) is 6.92 Å². The van der Waals surface area contributed by atoms with Gasteiger partial charge in [-0.15, -0.1) is 11.8 Å². The number of esters is 2. The minimum absolute atomic E-state index is 0.0146. The lowest BCUT2D eigenvalue weighted by atomic mass is 9.84. The van der Waals surface area contributed by atoms with Gasteiger partial charge in [0.1, 0.15) is 22.8 Å². The highest BCUT2D eigenvalue weighted by molar-refractivity contribution is 8.00. The number of nitrogens with one attached hydrogen (secondary N) is 1. The van der Waals surface area contributed by atoms with E-state index in [9.17, 15) is 28.8 Å². The van der Waals surface area contributed by atoms with E-state index < -0.39 is 64.0 Å². The van der Waals surface area contributed by atoms with Crippen LogP contribution in [0.15, 0.2) is 121 Å². The van der Waals surface area contributed by atoms with Crippen LogP contribution in [0.25, 0.3) is 0 Å². The lowest BCUT2D eigenvalue weighted by molar-refractivity contribution is -0.159. The van der Waals surface area contributed by atoms with Gasteiger partial charge in [0.15, 0.2) is 5.78 Å². The summed E-state index contributed by atoms with van der Waals surface area (Å²) in [6.07, 6.45) is -0.520. The van der Waals surface area contributed by atoms with Crippen LogP contribution in [0.4, 0.5) is 0 Å². The van der Waals surface area contributed by atoms with E-state index in [1.54, 1.807) is 60.2 Å². The minimum Gasteiger partial charge on any atom is -0.460 e. The van der Waals surface area contributed by atoms with Crippen molar-refractivity contribution in [3.63, 3.8) is 0 Å². The molecule has 0 bridgehead atoms. The second-order valence-corrected chi connectivity index (χ2v) is 19.3. The third kappa shape index (κ3) is 15.2. The molecule has 0 radical (unpaired) electrons. The molecule has 330 valence electrons. The number of benzene rings is 4. The average molecular weight is 862 g/mol. The number of thioether (sulfide) groups is 1. The van der Waals surface area contributed by atoms with Crippen molar-refractivity contribution in [2.75, 3.05) is 5.75 Å². The molecule has 10 heteroatoms. The van der Waals surface area contributed by atoms with Crippen molar-refractivity contribution in [2.24, 2.45) is 17.8 Å². The molecule has 4 rings (SSSR count). The first kappa shape index (κ1) is 49.3. The summed E-state index contributed by atoms with van der Waals surface area (Å²) in [5.74, 6) is -4.68. The normalized spacial score (nSPS) is 13.8. The van der Waals surface area contributed by atoms with E-state index in [4.69, 9.17) is 9.47 Å². The highest BCUT2D eigenvalue weighted by Crippen LogP contribution is 2.49. The monoisotopic (exact) mass is 861 g/mol. The van der Waals surface area contributed by atoms with Gasteiger partial charge in [-0.2, -0.15) is 0 Å². The van der Waals surface area contributed by atoms with E-state index in [0.717, 1.165) is 22.3 Å². The first-order chi connectivity index (χ1) is 29.3. The second-order valence-electron chi connectivity index (χ2n) is 18.0. The Morgan fingerprint density at radius 2 is 1.08 bits per heavy atom. The zero-order chi connectivity index (χ0) is 45.5. The van der Waals surface area contributed by atoms with Gasteiger partial charge in [0, 0.05) is 30.9 Å². The Labute approximate surface area is 372 Å². The molecule has 0 aliphatic carbocycles. The van der Waals surface area contributed by atoms with Gasteiger partial charge in [0.2, 0.25) is 5.91 Å². The van der Waals surface area contributed by atoms with Gasteiger partial charge in [-0.3, -0.25) is 28.8 Å². The Hall–Kier alpha value is -5.35. The third-order valence-electron chi connectivity index (χ3n) is 10.4. The van der Waals surface area contributed by atoms with Crippen molar-refractivity contribution in [2.45, 2.75) is 116 Å². The molecule has 0 spiro atoms. The molecular formula is C52H63NO8S. The van der Waals surface area contributed by atoms with Gasteiger partial charge < -0.3 is 14.8 Å². The molecule has 4 aromatic rings. The van der Waals surface area contributed by atoms with Crippen LogP contribution < -0.4 is 5.32 Å². The van der Waals surface area contributed by atoms with E-state index in [0.29, 0.717) is 5.75 Å². The van der Waals surface area contributed by atoms with Crippen molar-refractivity contribution >= 4 is 47.0 Å². The summed E-state index contributed by atoms with van der Waals surface area (Å²) >= 11 is 1.59. The molecule has 62 heavy (non-hydrogen) atoms. The third-order valence-corrected chi connectivity index (χ3v) is 12.1. The van der Waals surface area contributed by atoms with Gasteiger partial charge in [-0.1, -0.05) is 128 Å². The maximum atomic E-state index is 14.5. The molecule has 0 aliphatic heterocycles. The maximum Gasteiger partial charge on any atom is 0.309 e. The minimum atomic E-state index is -1.15. The summed E-state index contributed by atoms with van der Waals surface area (Å²) in [4.78, 5) is 81.5. The van der Waals surface area contributed by atoms with Gasteiger partial charge in [-0.05, 0) is 83.6 Å². The smallest absolute Gasteiger partial charge is 0.309 e. The van der Waals surface area contributed by atoms with Crippen LogP contribution in [0, 0.1) is 17.8 Å². The van der Waals surface area contributed by atoms with Crippen LogP contribution in [0.5, 0.6) is 0 Å². The van der Waals surface area contributed by atoms with E-state index in [1.807, 2.05) is 84.9 Å². The fourth-order valence-corrected chi connectivity index (χ4v) is 8.91. The van der Waals surface area contributed by atoms with Crippen LogP contribution in [-0.2, 0) is 49.4 Å². The van der Waals surface area contributed by atoms with Gasteiger partial charge in [0.25, 0.3) is 0 Å². The summed E-state index contributed by atoms with van der Waals surface area (Å²) in [6.45, 7) is 13.6. The molecule has 1 N–H and O–H groups in total. The first-order valence-corrected chi connectivity index (χ1v) is 22.4. The van der Waals surface area contributed by atoms with Crippen molar-refractivity contribution in [1.82, 2.24) is 5.32 Å². The molecule has 9 nitrogen and oxygen atoms in total. The summed E-state index contributed by atoms with van der Waals surface area (Å²) in [5.41, 5.74) is 2.34. The highest BCUT2D eigenvalue weighted by atomic mass is 32.2. The van der Waals surface area contributed by atoms with Crippen molar-refractivity contribution < 1.29 is 38.2 Å². The van der Waals surface area contributed by atoms with Crippen LogP contribution in [0.3, 0.4) is 0 Å². The number of carbonyl (C=O) groups excluding carboxylic acids is 6. The standard InChI is InChI=1S/C52H63NO8S/c1-36(49(59)61-51(6,7)8)29-30-44(55)32-39(34-47(57)60-50(3,4)5)48(58)53-45(31-38-21-13-9-14-22-38)46(56)33-40(37(2)54)35-62-52(41-23-15-10-16-24-41,42-25-17-11-18-26-42)43-27-19-12-20-28-43/h9-28,36,39-40,45H,29-35H2,1-8H3,(H,53,58)/t36-,39-,40-,45-/m0/s1. The molecule has 0 aliphatic rings. The molecule has 4 atom stereocenters. The average Bonchev–Trinajstić information content (AvgIpc) is 3.22. The molecule has 1 amide bonds. The summed E-state index contributed by atoms with van der Waals surface area (Å²) in [6, 6.07) is 38.5. The fourth-order valence-electron chi connectivity index (χ4n) is 7.20. The lowest BCUT2D eigenvalue weighted by Gasteiger charge is -2.36. The molecule has 0 saturated heterocycles. The van der Waals surface area contributed by atoms with Gasteiger partial charge >= 0.3 is 11.9 Å². The Balaban J connectivity index is 1.61. The molecule has 0 unspecified atom stereocenters. The first-order valence-electron chi connectivity index (χ1n) is 21.4. The number of hydrogen-bond acceptors (Lipinski definition) is 9. The predicted octanol–water partition coefficient (Wildman–Crippen LogP) is 9.67. The van der Waals surface area contributed by atoms with Crippen molar-refractivity contribution in [3.05, 3.63) is 144 Å². The van der Waals surface area contributed by atoms with Gasteiger partial charge in [0.05, 0.1) is 29.0 Å². The molecule has 0 saturated carbocycles. The quantitative estimate of drug-likeness (QED) is 0.0606. The largest absolute Gasteiger partial charge is 0.460 e. The van der Waals surface area contributed by atoms with Crippen LogP contribution in [-0.4, -0.2) is 58.2 Å². The number of hydrogen-bond donors (Lipinski definition) is 1. The Kier molecular flexibility index (Phi) is 18.0. The van der Waals surface area contributed by atoms with Crippen molar-refractivity contribution in [3.8, 4) is 0 Å². The highest BCUT2D eigenvalue weighted by Gasteiger charge is 2.39.